The fourth-order valence-electron chi connectivity index (χ4n) is 2.62. The number of rotatable bonds is 3. The van der Waals surface area contributed by atoms with Crippen LogP contribution in [0, 0.1) is 12.8 Å². The number of likely N-dealkylation sites (tertiary alicyclic amines) is 1. The molecule has 0 amide bonds. The molecule has 2 N–H and O–H groups in total. The molecule has 0 saturated carbocycles. The lowest BCUT2D eigenvalue weighted by molar-refractivity contribution is 0.243. The number of nitrogens with two attached hydrogens (primary N) is 1. The van der Waals surface area contributed by atoms with Crippen LogP contribution in [0.4, 0.5) is 0 Å². The van der Waals surface area contributed by atoms with Gasteiger partial charge in [-0.05, 0) is 43.0 Å². The van der Waals surface area contributed by atoms with E-state index in [2.05, 4.69) is 52.9 Å². The molecule has 0 radical (unpaired) electrons. The Morgan fingerprint density at radius 2 is 2.29 bits per heavy atom. The van der Waals surface area contributed by atoms with Crippen molar-refractivity contribution in [1.29, 1.82) is 0 Å². The topological polar surface area (TPSA) is 29.3 Å². The van der Waals surface area contributed by atoms with Crippen LogP contribution in [0.25, 0.3) is 0 Å². The van der Waals surface area contributed by atoms with Crippen molar-refractivity contribution in [1.82, 2.24) is 4.90 Å². The van der Waals surface area contributed by atoms with Gasteiger partial charge in [0, 0.05) is 23.6 Å². The molecule has 0 aliphatic carbocycles. The molecule has 2 atom stereocenters. The summed E-state index contributed by atoms with van der Waals surface area (Å²) in [4.78, 5) is 2.52. The van der Waals surface area contributed by atoms with Gasteiger partial charge in [0.25, 0.3) is 0 Å². The first-order valence-corrected chi connectivity index (χ1v) is 7.11. The summed E-state index contributed by atoms with van der Waals surface area (Å²) in [6.07, 6.45) is 1.30. The van der Waals surface area contributed by atoms with Gasteiger partial charge in [-0.2, -0.15) is 0 Å². The molecule has 0 aromatic heterocycles. The number of hydrogen-bond donors (Lipinski definition) is 1. The Hall–Kier alpha value is -0.380. The molecule has 94 valence electrons. The summed E-state index contributed by atoms with van der Waals surface area (Å²) in [6.45, 7) is 7.51. The number of aryl methyl sites for hydroxylation is 1. The van der Waals surface area contributed by atoms with Crippen LogP contribution in [0.1, 0.15) is 30.5 Å². The van der Waals surface area contributed by atoms with Crippen molar-refractivity contribution >= 4 is 15.9 Å². The molecule has 1 saturated heterocycles. The van der Waals surface area contributed by atoms with E-state index in [4.69, 9.17) is 5.73 Å². The molecule has 1 aromatic carbocycles. The molecule has 2 rings (SSSR count). The lowest BCUT2D eigenvalue weighted by Crippen LogP contribution is -2.32. The smallest absolute Gasteiger partial charge is 0.0470 e. The third-order valence-corrected chi connectivity index (χ3v) is 4.58. The minimum absolute atomic E-state index is 0.381. The Balaban J connectivity index is 2.20. The van der Waals surface area contributed by atoms with Gasteiger partial charge >= 0.3 is 0 Å². The van der Waals surface area contributed by atoms with Crippen LogP contribution in [-0.2, 0) is 0 Å². The van der Waals surface area contributed by atoms with Crippen molar-refractivity contribution in [3.63, 3.8) is 0 Å². The Morgan fingerprint density at radius 3 is 2.82 bits per heavy atom. The lowest BCUT2D eigenvalue weighted by Gasteiger charge is -2.27. The fourth-order valence-corrected chi connectivity index (χ4v) is 2.87. The maximum atomic E-state index is 5.96. The maximum Gasteiger partial charge on any atom is 0.0470 e. The molecule has 2 unspecified atom stereocenters. The van der Waals surface area contributed by atoms with E-state index in [1.807, 2.05) is 0 Å². The summed E-state index contributed by atoms with van der Waals surface area (Å²) < 4.78 is 1.17. The molecule has 1 heterocycles. The first-order chi connectivity index (χ1) is 8.11. The van der Waals surface area contributed by atoms with Crippen LogP contribution in [0.2, 0.25) is 0 Å². The first-order valence-electron chi connectivity index (χ1n) is 6.32. The highest BCUT2D eigenvalue weighted by Crippen LogP contribution is 2.28. The van der Waals surface area contributed by atoms with Crippen molar-refractivity contribution in [3.8, 4) is 0 Å². The molecule has 3 heteroatoms. The van der Waals surface area contributed by atoms with Gasteiger partial charge in [0.05, 0.1) is 0 Å². The molecule has 1 aliphatic heterocycles. The van der Waals surface area contributed by atoms with Crippen LogP contribution in [0.5, 0.6) is 0 Å². The molecule has 1 aliphatic rings. The second kappa shape index (κ2) is 5.51. The predicted molar refractivity (Wildman–Crippen MR) is 76.0 cm³/mol. The van der Waals surface area contributed by atoms with Crippen molar-refractivity contribution in [2.75, 3.05) is 19.6 Å². The molecule has 1 aromatic rings. The Kier molecular flexibility index (Phi) is 4.23. The fraction of sp³-hybridized carbons (Fsp3) is 0.571. The average Bonchev–Trinajstić information content (AvgIpc) is 2.71. The van der Waals surface area contributed by atoms with Crippen molar-refractivity contribution in [2.45, 2.75) is 26.3 Å². The second-order valence-electron chi connectivity index (χ2n) is 5.15. The Bertz CT molecular complexity index is 392. The largest absolute Gasteiger partial charge is 0.329 e. The zero-order valence-corrected chi connectivity index (χ0v) is 12.2. The summed E-state index contributed by atoms with van der Waals surface area (Å²) >= 11 is 3.55. The molecular formula is C14H21BrN2. The van der Waals surface area contributed by atoms with E-state index < -0.39 is 0 Å². The molecule has 1 fully saturated rings. The quantitative estimate of drug-likeness (QED) is 0.929. The Morgan fingerprint density at radius 1 is 1.53 bits per heavy atom. The van der Waals surface area contributed by atoms with Gasteiger partial charge in [-0.1, -0.05) is 35.0 Å². The zero-order chi connectivity index (χ0) is 12.4. The first kappa shape index (κ1) is 13.1. The highest BCUT2D eigenvalue weighted by atomic mass is 79.9. The van der Waals surface area contributed by atoms with Gasteiger partial charge in [0.15, 0.2) is 0 Å². The lowest BCUT2D eigenvalue weighted by atomic mass is 10.0. The summed E-state index contributed by atoms with van der Waals surface area (Å²) in [5, 5.41) is 0. The highest BCUT2D eigenvalue weighted by Gasteiger charge is 2.26. The van der Waals surface area contributed by atoms with Crippen molar-refractivity contribution in [3.05, 3.63) is 33.8 Å². The van der Waals surface area contributed by atoms with Crippen LogP contribution >= 0.6 is 15.9 Å². The van der Waals surface area contributed by atoms with Crippen LogP contribution < -0.4 is 5.73 Å². The van der Waals surface area contributed by atoms with Gasteiger partial charge in [0.1, 0.15) is 0 Å². The second-order valence-corrected chi connectivity index (χ2v) is 6.00. The number of nitrogens with zero attached hydrogens (tertiary/aromatic N) is 1. The van der Waals surface area contributed by atoms with Gasteiger partial charge in [-0.25, -0.2) is 0 Å². The summed E-state index contributed by atoms with van der Waals surface area (Å²) in [5.41, 5.74) is 8.60. The molecule has 0 bridgehead atoms. The summed E-state index contributed by atoms with van der Waals surface area (Å²) in [7, 11) is 0. The van der Waals surface area contributed by atoms with Crippen LogP contribution in [-0.4, -0.2) is 24.5 Å². The van der Waals surface area contributed by atoms with Crippen LogP contribution in [0.15, 0.2) is 22.7 Å². The zero-order valence-electron chi connectivity index (χ0n) is 10.6. The van der Waals surface area contributed by atoms with E-state index in [9.17, 15) is 0 Å². The summed E-state index contributed by atoms with van der Waals surface area (Å²) in [6, 6.07) is 6.96. The van der Waals surface area contributed by atoms with Gasteiger partial charge in [-0.3, -0.25) is 4.90 Å². The highest BCUT2D eigenvalue weighted by molar-refractivity contribution is 9.10. The van der Waals surface area contributed by atoms with E-state index in [1.54, 1.807) is 0 Å². The minimum Gasteiger partial charge on any atom is -0.329 e. The van der Waals surface area contributed by atoms with Gasteiger partial charge in [-0.15, -0.1) is 0 Å². The normalized spacial score (nSPS) is 22.9. The van der Waals surface area contributed by atoms with Crippen molar-refractivity contribution < 1.29 is 0 Å². The molecule has 0 spiro atoms. The minimum atomic E-state index is 0.381. The predicted octanol–water partition coefficient (Wildman–Crippen LogP) is 3.10. The summed E-state index contributed by atoms with van der Waals surface area (Å²) in [5.74, 6) is 0.806. The standard InChI is InChI=1S/C14H21BrN2/c1-10-5-6-17(9-10)14(8-16)12-3-4-13(15)11(2)7-12/h3-4,7,10,14H,5-6,8-9,16H2,1-2H3. The van der Waals surface area contributed by atoms with E-state index in [-0.39, 0.29) is 0 Å². The van der Waals surface area contributed by atoms with E-state index in [1.165, 1.54) is 35.1 Å². The molecule has 2 nitrogen and oxygen atoms in total. The van der Waals surface area contributed by atoms with E-state index in [0.717, 1.165) is 5.92 Å². The number of halogens is 1. The van der Waals surface area contributed by atoms with E-state index in [0.29, 0.717) is 12.6 Å². The van der Waals surface area contributed by atoms with Crippen LogP contribution in [0.3, 0.4) is 0 Å². The van der Waals surface area contributed by atoms with Gasteiger partial charge < -0.3 is 5.73 Å². The van der Waals surface area contributed by atoms with E-state index >= 15 is 0 Å². The van der Waals surface area contributed by atoms with Crippen molar-refractivity contribution in [2.24, 2.45) is 11.7 Å². The number of benzene rings is 1. The maximum absolute atomic E-state index is 5.96. The Labute approximate surface area is 112 Å². The average molecular weight is 297 g/mol. The number of hydrogen-bond acceptors (Lipinski definition) is 2. The monoisotopic (exact) mass is 296 g/mol. The van der Waals surface area contributed by atoms with Gasteiger partial charge in [0.2, 0.25) is 0 Å². The molecule has 17 heavy (non-hydrogen) atoms. The SMILES string of the molecule is Cc1cc(C(CN)N2CCC(C)C2)ccc1Br. The third kappa shape index (κ3) is 2.90. The molecular weight excluding hydrogens is 276 g/mol. The third-order valence-electron chi connectivity index (χ3n) is 3.69.